The van der Waals surface area contributed by atoms with Gasteiger partial charge in [0.1, 0.15) is 5.82 Å². The van der Waals surface area contributed by atoms with Crippen LogP contribution in [-0.2, 0) is 0 Å². The third-order valence-electron chi connectivity index (χ3n) is 4.20. The van der Waals surface area contributed by atoms with Crippen LogP contribution in [0.5, 0.6) is 5.75 Å². The van der Waals surface area contributed by atoms with E-state index < -0.39 is 0 Å². The molecule has 0 fully saturated rings. The number of benzene rings is 1. The Hall–Kier alpha value is -2.24. The molecule has 0 spiro atoms. The van der Waals surface area contributed by atoms with Crippen molar-refractivity contribution in [2.75, 3.05) is 6.61 Å². The average Bonchev–Trinajstić information content (AvgIpc) is 2.58. The van der Waals surface area contributed by atoms with Crippen molar-refractivity contribution in [3.63, 3.8) is 0 Å². The number of ether oxygens (including phenoxy) is 1. The summed E-state index contributed by atoms with van der Waals surface area (Å²) >= 11 is 6.41. The molecule has 2 N–H and O–H groups in total. The van der Waals surface area contributed by atoms with Crippen molar-refractivity contribution in [2.24, 2.45) is 11.7 Å². The van der Waals surface area contributed by atoms with E-state index in [4.69, 9.17) is 22.1 Å². The highest BCUT2D eigenvalue weighted by atomic mass is 35.5. The molecule has 0 aliphatic heterocycles. The maximum atomic E-state index is 13.4. The fraction of sp³-hybridized carbons (Fsp3) is 0.333. The normalized spacial score (nSPS) is 13.0. The molecule has 0 bridgehead atoms. The molecule has 0 aliphatic rings. The topological polar surface area (TPSA) is 61.0 Å². The molecule has 6 heteroatoms. The standard InChI is InChI=1S/C21H23ClFN3O/c1-13(10-21(2,3)24)12-27-20-11-26-19(9-17(20)22)16-6-7-25-18-8-14(23)4-5-15(16)18/h4-9,11,13H,10,12,24H2,1-3H3. The number of pyridine rings is 2. The van der Waals surface area contributed by atoms with Gasteiger partial charge in [-0.25, -0.2) is 4.39 Å². The Morgan fingerprint density at radius 1 is 1.22 bits per heavy atom. The van der Waals surface area contributed by atoms with Gasteiger partial charge in [-0.1, -0.05) is 18.5 Å². The number of nitrogens with zero attached hydrogens (tertiary/aromatic N) is 2. The highest BCUT2D eigenvalue weighted by Crippen LogP contribution is 2.32. The lowest BCUT2D eigenvalue weighted by atomic mass is 9.93. The second kappa shape index (κ2) is 7.79. The molecule has 142 valence electrons. The highest BCUT2D eigenvalue weighted by Gasteiger charge is 2.17. The van der Waals surface area contributed by atoms with Gasteiger partial charge in [-0.2, -0.15) is 0 Å². The number of aromatic nitrogens is 2. The summed E-state index contributed by atoms with van der Waals surface area (Å²) in [6.07, 6.45) is 4.09. The van der Waals surface area contributed by atoms with Gasteiger partial charge >= 0.3 is 0 Å². The molecule has 1 aromatic carbocycles. The van der Waals surface area contributed by atoms with E-state index in [0.717, 1.165) is 17.4 Å². The monoisotopic (exact) mass is 387 g/mol. The van der Waals surface area contributed by atoms with Gasteiger partial charge in [0.25, 0.3) is 0 Å². The van der Waals surface area contributed by atoms with Crippen molar-refractivity contribution in [3.05, 3.63) is 53.6 Å². The largest absolute Gasteiger partial charge is 0.490 e. The smallest absolute Gasteiger partial charge is 0.156 e. The summed E-state index contributed by atoms with van der Waals surface area (Å²) in [7, 11) is 0. The molecule has 2 heterocycles. The molecule has 0 saturated heterocycles. The zero-order valence-electron chi connectivity index (χ0n) is 15.7. The van der Waals surface area contributed by atoms with Crippen LogP contribution < -0.4 is 10.5 Å². The SMILES string of the molecule is CC(COc1cnc(-c2ccnc3cc(F)ccc23)cc1Cl)CC(C)(C)N. The second-order valence-electron chi connectivity index (χ2n) is 7.63. The Morgan fingerprint density at radius 3 is 2.70 bits per heavy atom. The fourth-order valence-corrected chi connectivity index (χ4v) is 3.41. The fourth-order valence-electron chi connectivity index (χ4n) is 3.21. The lowest BCUT2D eigenvalue weighted by Gasteiger charge is -2.23. The van der Waals surface area contributed by atoms with Gasteiger partial charge in [0.15, 0.2) is 5.75 Å². The number of halogens is 2. The molecule has 3 rings (SSSR count). The van der Waals surface area contributed by atoms with E-state index in [1.807, 2.05) is 19.9 Å². The minimum atomic E-state index is -0.323. The van der Waals surface area contributed by atoms with Crippen molar-refractivity contribution in [2.45, 2.75) is 32.7 Å². The van der Waals surface area contributed by atoms with Gasteiger partial charge < -0.3 is 10.5 Å². The Bertz CT molecular complexity index is 956. The highest BCUT2D eigenvalue weighted by molar-refractivity contribution is 6.32. The molecule has 27 heavy (non-hydrogen) atoms. The van der Waals surface area contributed by atoms with Gasteiger partial charge in [-0.05, 0) is 50.5 Å². The summed E-state index contributed by atoms with van der Waals surface area (Å²) in [6.45, 7) is 6.60. The quantitative estimate of drug-likeness (QED) is 0.629. The summed E-state index contributed by atoms with van der Waals surface area (Å²) < 4.78 is 19.3. The van der Waals surface area contributed by atoms with E-state index >= 15 is 0 Å². The molecule has 0 amide bonds. The van der Waals surface area contributed by atoms with Crippen LogP contribution >= 0.6 is 11.6 Å². The summed E-state index contributed by atoms with van der Waals surface area (Å²) in [5, 5.41) is 1.29. The zero-order chi connectivity index (χ0) is 19.6. The minimum Gasteiger partial charge on any atom is -0.490 e. The molecule has 0 radical (unpaired) electrons. The first kappa shape index (κ1) is 19.5. The van der Waals surface area contributed by atoms with Crippen LogP contribution in [0.15, 0.2) is 42.7 Å². The maximum absolute atomic E-state index is 13.4. The lowest BCUT2D eigenvalue weighted by Crippen LogP contribution is -2.35. The summed E-state index contributed by atoms with van der Waals surface area (Å²) in [5.74, 6) is 0.503. The van der Waals surface area contributed by atoms with Crippen molar-refractivity contribution in [1.29, 1.82) is 0 Å². The predicted molar refractivity (Wildman–Crippen MR) is 107 cm³/mol. The maximum Gasteiger partial charge on any atom is 0.156 e. The lowest BCUT2D eigenvalue weighted by molar-refractivity contribution is 0.229. The van der Waals surface area contributed by atoms with Crippen molar-refractivity contribution in [1.82, 2.24) is 9.97 Å². The van der Waals surface area contributed by atoms with E-state index in [1.54, 1.807) is 24.5 Å². The summed E-state index contributed by atoms with van der Waals surface area (Å²) in [4.78, 5) is 8.69. The van der Waals surface area contributed by atoms with E-state index in [9.17, 15) is 4.39 Å². The first-order chi connectivity index (χ1) is 12.7. The van der Waals surface area contributed by atoms with Crippen molar-refractivity contribution < 1.29 is 9.13 Å². The molecule has 1 unspecified atom stereocenters. The van der Waals surface area contributed by atoms with Gasteiger partial charge in [-0.3, -0.25) is 9.97 Å². The number of hydrogen-bond acceptors (Lipinski definition) is 4. The molecule has 4 nitrogen and oxygen atoms in total. The van der Waals surface area contributed by atoms with Crippen LogP contribution in [0, 0.1) is 11.7 Å². The Labute approximate surface area is 163 Å². The van der Waals surface area contributed by atoms with Crippen LogP contribution in [0.3, 0.4) is 0 Å². The number of nitrogens with two attached hydrogens (primary N) is 1. The molecule has 0 aliphatic carbocycles. The van der Waals surface area contributed by atoms with Gasteiger partial charge in [-0.15, -0.1) is 0 Å². The van der Waals surface area contributed by atoms with E-state index in [-0.39, 0.29) is 11.4 Å². The Kier molecular flexibility index (Phi) is 5.63. The van der Waals surface area contributed by atoms with E-state index in [1.165, 1.54) is 12.1 Å². The number of fused-ring (bicyclic) bond motifs is 1. The van der Waals surface area contributed by atoms with E-state index in [0.29, 0.717) is 34.5 Å². The first-order valence-corrected chi connectivity index (χ1v) is 9.22. The van der Waals surface area contributed by atoms with E-state index in [2.05, 4.69) is 16.9 Å². The molecular formula is C21H23ClFN3O. The molecule has 3 aromatic rings. The number of hydrogen-bond donors (Lipinski definition) is 1. The third kappa shape index (κ3) is 4.93. The first-order valence-electron chi connectivity index (χ1n) is 8.85. The second-order valence-corrected chi connectivity index (χ2v) is 8.04. The predicted octanol–water partition coefficient (Wildman–Crippen LogP) is 5.23. The molecule has 2 aromatic heterocycles. The minimum absolute atomic E-state index is 0.240. The Balaban J connectivity index is 1.81. The molecule has 1 atom stereocenters. The van der Waals surface area contributed by atoms with Crippen LogP contribution in [-0.4, -0.2) is 22.1 Å². The van der Waals surface area contributed by atoms with Crippen LogP contribution in [0.25, 0.3) is 22.2 Å². The average molecular weight is 388 g/mol. The number of rotatable bonds is 6. The summed E-state index contributed by atoms with van der Waals surface area (Å²) in [5.41, 5.74) is 7.91. The third-order valence-corrected chi connectivity index (χ3v) is 4.49. The van der Waals surface area contributed by atoms with Gasteiger partial charge in [0.2, 0.25) is 0 Å². The van der Waals surface area contributed by atoms with Gasteiger partial charge in [0.05, 0.1) is 29.0 Å². The molecule has 0 saturated carbocycles. The Morgan fingerprint density at radius 2 is 2.00 bits per heavy atom. The molecular weight excluding hydrogens is 365 g/mol. The van der Waals surface area contributed by atoms with Crippen LogP contribution in [0.1, 0.15) is 27.2 Å². The summed E-state index contributed by atoms with van der Waals surface area (Å²) in [6, 6.07) is 8.10. The van der Waals surface area contributed by atoms with Crippen molar-refractivity contribution in [3.8, 4) is 17.0 Å². The van der Waals surface area contributed by atoms with Crippen LogP contribution in [0.4, 0.5) is 4.39 Å². The zero-order valence-corrected chi connectivity index (χ0v) is 16.4. The van der Waals surface area contributed by atoms with Gasteiger partial charge in [0, 0.05) is 28.8 Å². The van der Waals surface area contributed by atoms with Crippen LogP contribution in [0.2, 0.25) is 5.02 Å². The van der Waals surface area contributed by atoms with Crippen molar-refractivity contribution >= 4 is 22.5 Å².